The highest BCUT2D eigenvalue weighted by Gasteiger charge is 2.10. The van der Waals surface area contributed by atoms with Crippen LogP contribution < -0.4 is 4.74 Å². The SMILES string of the molecule is CCOc1nc(Cl)nc(-c2cc(C)ccc2C)n1. The molecule has 2 rings (SSSR count). The molecule has 0 saturated heterocycles. The highest BCUT2D eigenvalue weighted by atomic mass is 35.5. The van der Waals surface area contributed by atoms with Crippen molar-refractivity contribution in [3.8, 4) is 17.4 Å². The molecule has 0 bridgehead atoms. The van der Waals surface area contributed by atoms with Crippen LogP contribution in [0.3, 0.4) is 0 Å². The molecule has 1 aromatic carbocycles. The van der Waals surface area contributed by atoms with Gasteiger partial charge in [0.15, 0.2) is 5.82 Å². The van der Waals surface area contributed by atoms with Crippen molar-refractivity contribution in [3.63, 3.8) is 0 Å². The van der Waals surface area contributed by atoms with Gasteiger partial charge in [-0.25, -0.2) is 0 Å². The van der Waals surface area contributed by atoms with Gasteiger partial charge in [-0.15, -0.1) is 0 Å². The number of benzene rings is 1. The molecule has 0 aliphatic carbocycles. The standard InChI is InChI=1S/C13H14ClN3O/c1-4-18-13-16-11(15-12(14)17-13)10-7-8(2)5-6-9(10)3/h5-7H,4H2,1-3H3. The summed E-state index contributed by atoms with van der Waals surface area (Å²) in [5.41, 5.74) is 3.18. The molecule has 1 aromatic heterocycles. The van der Waals surface area contributed by atoms with Gasteiger partial charge in [-0.05, 0) is 44.0 Å². The molecule has 0 amide bonds. The zero-order valence-corrected chi connectivity index (χ0v) is 11.3. The number of aryl methyl sites for hydroxylation is 2. The van der Waals surface area contributed by atoms with E-state index in [2.05, 4.69) is 15.0 Å². The zero-order chi connectivity index (χ0) is 13.1. The molecule has 18 heavy (non-hydrogen) atoms. The van der Waals surface area contributed by atoms with E-state index in [1.165, 1.54) is 0 Å². The fourth-order valence-electron chi connectivity index (χ4n) is 1.62. The van der Waals surface area contributed by atoms with Crippen molar-refractivity contribution < 1.29 is 4.74 Å². The third kappa shape index (κ3) is 2.76. The van der Waals surface area contributed by atoms with Crippen LogP contribution in [0.4, 0.5) is 0 Å². The van der Waals surface area contributed by atoms with Crippen molar-refractivity contribution in [3.05, 3.63) is 34.6 Å². The van der Waals surface area contributed by atoms with Gasteiger partial charge in [0, 0.05) is 5.56 Å². The fourth-order valence-corrected chi connectivity index (χ4v) is 1.78. The number of ether oxygens (including phenoxy) is 1. The van der Waals surface area contributed by atoms with Crippen molar-refractivity contribution in [2.24, 2.45) is 0 Å². The quantitative estimate of drug-likeness (QED) is 0.853. The van der Waals surface area contributed by atoms with E-state index < -0.39 is 0 Å². The molecule has 0 saturated carbocycles. The Bertz CT molecular complexity index is 572. The minimum absolute atomic E-state index is 0.143. The number of nitrogens with zero attached hydrogens (tertiary/aromatic N) is 3. The molecule has 0 aliphatic rings. The van der Waals surface area contributed by atoms with Gasteiger partial charge in [-0.1, -0.05) is 17.7 Å². The van der Waals surface area contributed by atoms with E-state index in [-0.39, 0.29) is 11.3 Å². The fraction of sp³-hybridized carbons (Fsp3) is 0.308. The lowest BCUT2D eigenvalue weighted by Gasteiger charge is -2.07. The Kier molecular flexibility index (Phi) is 3.77. The molecule has 0 N–H and O–H groups in total. The van der Waals surface area contributed by atoms with E-state index in [1.807, 2.05) is 39.0 Å². The molecule has 0 unspecified atom stereocenters. The van der Waals surface area contributed by atoms with Gasteiger partial charge in [0.1, 0.15) is 0 Å². The molecule has 1 heterocycles. The largest absolute Gasteiger partial charge is 0.464 e. The Balaban J connectivity index is 2.52. The Hall–Kier alpha value is -1.68. The smallest absolute Gasteiger partial charge is 0.321 e. The van der Waals surface area contributed by atoms with E-state index in [9.17, 15) is 0 Å². The summed E-state index contributed by atoms with van der Waals surface area (Å²) in [6.45, 7) is 6.39. The van der Waals surface area contributed by atoms with Crippen LogP contribution in [0, 0.1) is 13.8 Å². The first-order valence-electron chi connectivity index (χ1n) is 5.72. The van der Waals surface area contributed by atoms with Crippen LogP contribution in [0.25, 0.3) is 11.4 Å². The second kappa shape index (κ2) is 5.31. The molecule has 0 radical (unpaired) electrons. The number of halogens is 1. The molecule has 0 spiro atoms. The van der Waals surface area contributed by atoms with E-state index in [4.69, 9.17) is 16.3 Å². The molecule has 94 valence electrons. The molecule has 0 atom stereocenters. The molecular weight excluding hydrogens is 250 g/mol. The number of hydrogen-bond donors (Lipinski definition) is 0. The maximum absolute atomic E-state index is 5.89. The minimum Gasteiger partial charge on any atom is -0.464 e. The van der Waals surface area contributed by atoms with Crippen molar-refractivity contribution in [2.75, 3.05) is 6.61 Å². The molecular formula is C13H14ClN3O. The summed E-state index contributed by atoms with van der Waals surface area (Å²) in [6, 6.07) is 6.36. The molecule has 0 fully saturated rings. The average Bonchev–Trinajstić information content (AvgIpc) is 2.32. The Morgan fingerprint density at radius 1 is 1.17 bits per heavy atom. The Labute approximate surface area is 111 Å². The maximum Gasteiger partial charge on any atom is 0.321 e. The zero-order valence-electron chi connectivity index (χ0n) is 10.6. The highest BCUT2D eigenvalue weighted by molar-refractivity contribution is 6.28. The van der Waals surface area contributed by atoms with E-state index in [0.717, 1.165) is 16.7 Å². The second-order valence-electron chi connectivity index (χ2n) is 3.96. The number of hydrogen-bond acceptors (Lipinski definition) is 4. The average molecular weight is 264 g/mol. The first-order valence-corrected chi connectivity index (χ1v) is 6.10. The number of rotatable bonds is 3. The summed E-state index contributed by atoms with van der Waals surface area (Å²) < 4.78 is 5.27. The van der Waals surface area contributed by atoms with Crippen LogP contribution in [-0.2, 0) is 0 Å². The van der Waals surface area contributed by atoms with Crippen LogP contribution in [0.2, 0.25) is 5.28 Å². The topological polar surface area (TPSA) is 47.9 Å². The van der Waals surface area contributed by atoms with Crippen LogP contribution in [-0.4, -0.2) is 21.6 Å². The summed E-state index contributed by atoms with van der Waals surface area (Å²) in [7, 11) is 0. The van der Waals surface area contributed by atoms with E-state index >= 15 is 0 Å². The first-order chi connectivity index (χ1) is 8.60. The number of aromatic nitrogens is 3. The molecule has 5 heteroatoms. The van der Waals surface area contributed by atoms with Crippen molar-refractivity contribution in [1.29, 1.82) is 0 Å². The first kappa shape index (κ1) is 12.8. The Morgan fingerprint density at radius 2 is 1.94 bits per heavy atom. The highest BCUT2D eigenvalue weighted by Crippen LogP contribution is 2.23. The molecule has 2 aromatic rings. The Morgan fingerprint density at radius 3 is 2.67 bits per heavy atom. The van der Waals surface area contributed by atoms with Gasteiger partial charge in [0.05, 0.1) is 6.61 Å². The third-order valence-corrected chi connectivity index (χ3v) is 2.66. The van der Waals surface area contributed by atoms with Gasteiger partial charge < -0.3 is 4.74 Å². The van der Waals surface area contributed by atoms with Gasteiger partial charge in [-0.2, -0.15) is 15.0 Å². The lowest BCUT2D eigenvalue weighted by molar-refractivity contribution is 0.312. The van der Waals surface area contributed by atoms with Gasteiger partial charge in [0.2, 0.25) is 5.28 Å². The summed E-state index contributed by atoms with van der Waals surface area (Å²) in [5.74, 6) is 0.541. The lowest BCUT2D eigenvalue weighted by atomic mass is 10.1. The van der Waals surface area contributed by atoms with Crippen LogP contribution in [0.1, 0.15) is 18.1 Å². The predicted octanol–water partition coefficient (Wildman–Crippen LogP) is 3.21. The van der Waals surface area contributed by atoms with Crippen LogP contribution in [0.5, 0.6) is 6.01 Å². The van der Waals surface area contributed by atoms with E-state index in [1.54, 1.807) is 0 Å². The predicted molar refractivity (Wildman–Crippen MR) is 70.9 cm³/mol. The molecule has 0 aliphatic heterocycles. The summed E-state index contributed by atoms with van der Waals surface area (Å²) in [5, 5.41) is 0.143. The normalized spacial score (nSPS) is 10.4. The van der Waals surface area contributed by atoms with Crippen molar-refractivity contribution >= 4 is 11.6 Å². The van der Waals surface area contributed by atoms with Gasteiger partial charge >= 0.3 is 6.01 Å². The summed E-state index contributed by atoms with van der Waals surface area (Å²) in [6.07, 6.45) is 0. The van der Waals surface area contributed by atoms with Crippen molar-refractivity contribution in [2.45, 2.75) is 20.8 Å². The van der Waals surface area contributed by atoms with Gasteiger partial charge in [-0.3, -0.25) is 0 Å². The monoisotopic (exact) mass is 263 g/mol. The third-order valence-electron chi connectivity index (χ3n) is 2.50. The van der Waals surface area contributed by atoms with Crippen LogP contribution in [0.15, 0.2) is 18.2 Å². The second-order valence-corrected chi connectivity index (χ2v) is 4.30. The minimum atomic E-state index is 0.143. The summed E-state index contributed by atoms with van der Waals surface area (Å²) >= 11 is 5.89. The van der Waals surface area contributed by atoms with E-state index in [0.29, 0.717) is 12.4 Å². The molecule has 4 nitrogen and oxygen atoms in total. The summed E-state index contributed by atoms with van der Waals surface area (Å²) in [4.78, 5) is 12.3. The van der Waals surface area contributed by atoms with Crippen molar-refractivity contribution in [1.82, 2.24) is 15.0 Å². The van der Waals surface area contributed by atoms with Crippen LogP contribution >= 0.6 is 11.6 Å². The maximum atomic E-state index is 5.89. The lowest BCUT2D eigenvalue weighted by Crippen LogP contribution is -2.02. The van der Waals surface area contributed by atoms with Gasteiger partial charge in [0.25, 0.3) is 0 Å².